The lowest BCUT2D eigenvalue weighted by atomic mass is 9.90. The van der Waals surface area contributed by atoms with Crippen molar-refractivity contribution in [1.82, 2.24) is 15.0 Å². The van der Waals surface area contributed by atoms with Crippen LogP contribution in [0.25, 0.3) is 0 Å². The summed E-state index contributed by atoms with van der Waals surface area (Å²) in [6.07, 6.45) is 8.64. The van der Waals surface area contributed by atoms with Crippen LogP contribution in [-0.4, -0.2) is 28.0 Å². The minimum absolute atomic E-state index is 0.618. The molecule has 0 unspecified atom stereocenters. The first-order valence-electron chi connectivity index (χ1n) is 9.81. The lowest BCUT2D eigenvalue weighted by Crippen LogP contribution is -2.35. The molecule has 1 fully saturated rings. The fourth-order valence-electron chi connectivity index (χ4n) is 3.76. The normalized spacial score (nSPS) is 14.8. The van der Waals surface area contributed by atoms with Crippen LogP contribution < -0.4 is 16.0 Å². The first-order chi connectivity index (χ1) is 13.8. The second-order valence-electron chi connectivity index (χ2n) is 7.29. The number of pyridine rings is 1. The van der Waals surface area contributed by atoms with Crippen molar-refractivity contribution in [1.29, 1.82) is 0 Å². The third-order valence-corrected chi connectivity index (χ3v) is 5.33. The summed E-state index contributed by atoms with van der Waals surface area (Å²) in [5, 5.41) is 3.31. The van der Waals surface area contributed by atoms with Gasteiger partial charge in [-0.2, -0.15) is 0 Å². The van der Waals surface area contributed by atoms with Crippen LogP contribution in [0.4, 0.5) is 17.3 Å². The van der Waals surface area contributed by atoms with E-state index < -0.39 is 0 Å². The Bertz CT molecular complexity index is 876. The van der Waals surface area contributed by atoms with Crippen LogP contribution in [0.15, 0.2) is 61.2 Å². The Morgan fingerprint density at radius 3 is 2.54 bits per heavy atom. The summed E-state index contributed by atoms with van der Waals surface area (Å²) in [5.41, 5.74) is 9.52. The quantitative estimate of drug-likeness (QED) is 0.687. The average molecular weight is 374 g/mol. The molecular formula is C22H26N6. The maximum Gasteiger partial charge on any atom is 0.157 e. The summed E-state index contributed by atoms with van der Waals surface area (Å²) in [4.78, 5) is 15.2. The average Bonchev–Trinajstić information content (AvgIpc) is 2.75. The molecule has 2 aromatic heterocycles. The summed E-state index contributed by atoms with van der Waals surface area (Å²) in [7, 11) is 0. The monoisotopic (exact) mass is 374 g/mol. The third-order valence-electron chi connectivity index (χ3n) is 5.33. The zero-order valence-corrected chi connectivity index (χ0v) is 16.0. The standard InChI is InChI=1S/C22H26N6/c23-20-21(25-15-19-7-4-10-24-14-19)26-16-27-22(20)28-11-8-18(9-12-28)13-17-5-2-1-3-6-17/h1-7,10,14,16,18H,8-9,11-13,15,23H2,(H,25,26,27). The molecule has 0 bridgehead atoms. The number of benzene rings is 1. The van der Waals surface area contributed by atoms with Crippen LogP contribution in [0.2, 0.25) is 0 Å². The number of nitrogens with two attached hydrogens (primary N) is 1. The first kappa shape index (κ1) is 18.2. The second-order valence-corrected chi connectivity index (χ2v) is 7.29. The number of anilines is 3. The number of nitrogens with one attached hydrogen (secondary N) is 1. The van der Waals surface area contributed by atoms with Gasteiger partial charge in [-0.1, -0.05) is 36.4 Å². The van der Waals surface area contributed by atoms with E-state index in [1.165, 1.54) is 5.56 Å². The Kier molecular flexibility index (Phi) is 5.66. The molecule has 1 saturated heterocycles. The van der Waals surface area contributed by atoms with Gasteiger partial charge < -0.3 is 16.0 Å². The molecular weight excluding hydrogens is 348 g/mol. The third kappa shape index (κ3) is 4.39. The molecule has 1 aromatic carbocycles. The molecule has 0 radical (unpaired) electrons. The number of nitrogens with zero attached hydrogens (tertiary/aromatic N) is 4. The van der Waals surface area contributed by atoms with Gasteiger partial charge in [0.15, 0.2) is 11.6 Å². The molecule has 144 valence electrons. The number of aromatic nitrogens is 3. The van der Waals surface area contributed by atoms with Crippen molar-refractivity contribution >= 4 is 17.3 Å². The Labute approximate surface area is 165 Å². The van der Waals surface area contributed by atoms with E-state index in [1.807, 2.05) is 18.3 Å². The van der Waals surface area contributed by atoms with Crippen molar-refractivity contribution in [3.05, 3.63) is 72.3 Å². The molecule has 6 heteroatoms. The summed E-state index contributed by atoms with van der Waals surface area (Å²) in [6, 6.07) is 14.7. The van der Waals surface area contributed by atoms with Crippen molar-refractivity contribution in [2.75, 3.05) is 29.0 Å². The van der Waals surface area contributed by atoms with E-state index >= 15 is 0 Å². The zero-order valence-electron chi connectivity index (χ0n) is 16.0. The van der Waals surface area contributed by atoms with E-state index in [-0.39, 0.29) is 0 Å². The molecule has 6 nitrogen and oxygen atoms in total. The predicted octanol–water partition coefficient (Wildman–Crippen LogP) is 3.53. The van der Waals surface area contributed by atoms with Gasteiger partial charge in [0.05, 0.1) is 0 Å². The van der Waals surface area contributed by atoms with E-state index in [0.29, 0.717) is 24.0 Å². The number of rotatable bonds is 6. The number of hydrogen-bond donors (Lipinski definition) is 2. The van der Waals surface area contributed by atoms with Crippen molar-refractivity contribution in [2.24, 2.45) is 5.92 Å². The summed E-state index contributed by atoms with van der Waals surface area (Å²) >= 11 is 0. The highest BCUT2D eigenvalue weighted by Crippen LogP contribution is 2.30. The molecule has 0 aliphatic carbocycles. The molecule has 1 aliphatic rings. The topological polar surface area (TPSA) is 80.0 Å². The molecule has 28 heavy (non-hydrogen) atoms. The molecule has 0 spiro atoms. The van der Waals surface area contributed by atoms with Crippen molar-refractivity contribution in [3.8, 4) is 0 Å². The van der Waals surface area contributed by atoms with Crippen LogP contribution in [0.3, 0.4) is 0 Å². The van der Waals surface area contributed by atoms with Gasteiger partial charge in [-0.3, -0.25) is 4.98 Å². The van der Waals surface area contributed by atoms with Crippen LogP contribution in [0, 0.1) is 5.92 Å². The van der Waals surface area contributed by atoms with Gasteiger partial charge in [0.25, 0.3) is 0 Å². The van der Waals surface area contributed by atoms with Crippen LogP contribution >= 0.6 is 0 Å². The molecule has 3 N–H and O–H groups in total. The fraction of sp³-hybridized carbons (Fsp3) is 0.318. The van der Waals surface area contributed by atoms with Gasteiger partial charge in [-0.25, -0.2) is 9.97 Å². The van der Waals surface area contributed by atoms with Gasteiger partial charge in [-0.15, -0.1) is 0 Å². The maximum absolute atomic E-state index is 6.39. The molecule has 1 aliphatic heterocycles. The zero-order chi connectivity index (χ0) is 19.2. The summed E-state index contributed by atoms with van der Waals surface area (Å²) in [5.74, 6) is 2.23. The summed E-state index contributed by atoms with van der Waals surface area (Å²) in [6.45, 7) is 2.58. The van der Waals surface area contributed by atoms with Crippen molar-refractivity contribution in [2.45, 2.75) is 25.8 Å². The highest BCUT2D eigenvalue weighted by atomic mass is 15.2. The highest BCUT2D eigenvalue weighted by Gasteiger charge is 2.23. The van der Waals surface area contributed by atoms with Crippen LogP contribution in [0.5, 0.6) is 0 Å². The van der Waals surface area contributed by atoms with E-state index in [2.05, 4.69) is 55.5 Å². The smallest absolute Gasteiger partial charge is 0.157 e. The van der Waals surface area contributed by atoms with Crippen molar-refractivity contribution in [3.63, 3.8) is 0 Å². The Balaban J connectivity index is 1.37. The minimum Gasteiger partial charge on any atom is -0.393 e. The second kappa shape index (κ2) is 8.69. The Hall–Kier alpha value is -3.15. The largest absolute Gasteiger partial charge is 0.393 e. The van der Waals surface area contributed by atoms with Gasteiger partial charge in [-0.05, 0) is 42.4 Å². The van der Waals surface area contributed by atoms with E-state index in [4.69, 9.17) is 5.73 Å². The maximum atomic E-state index is 6.39. The Morgan fingerprint density at radius 1 is 1.00 bits per heavy atom. The molecule has 0 saturated carbocycles. The number of hydrogen-bond acceptors (Lipinski definition) is 6. The molecule has 3 aromatic rings. The number of piperidine rings is 1. The van der Waals surface area contributed by atoms with Crippen LogP contribution in [0.1, 0.15) is 24.0 Å². The van der Waals surface area contributed by atoms with E-state index in [0.717, 1.165) is 43.7 Å². The molecule has 3 heterocycles. The molecule has 4 rings (SSSR count). The predicted molar refractivity (Wildman–Crippen MR) is 113 cm³/mol. The van der Waals surface area contributed by atoms with Crippen LogP contribution in [-0.2, 0) is 13.0 Å². The summed E-state index contributed by atoms with van der Waals surface area (Å²) < 4.78 is 0. The van der Waals surface area contributed by atoms with Gasteiger partial charge >= 0.3 is 0 Å². The molecule has 0 atom stereocenters. The van der Waals surface area contributed by atoms with Gasteiger partial charge in [0.1, 0.15) is 12.0 Å². The fourth-order valence-corrected chi connectivity index (χ4v) is 3.76. The Morgan fingerprint density at radius 2 is 1.79 bits per heavy atom. The first-order valence-corrected chi connectivity index (χ1v) is 9.81. The number of nitrogen functional groups attached to an aromatic ring is 1. The van der Waals surface area contributed by atoms with Gasteiger partial charge in [0.2, 0.25) is 0 Å². The lowest BCUT2D eigenvalue weighted by molar-refractivity contribution is 0.402. The van der Waals surface area contributed by atoms with Gasteiger partial charge in [0, 0.05) is 32.0 Å². The van der Waals surface area contributed by atoms with E-state index in [1.54, 1.807) is 12.5 Å². The molecule has 0 amide bonds. The minimum atomic E-state index is 0.618. The SMILES string of the molecule is Nc1c(NCc2cccnc2)ncnc1N1CCC(Cc2ccccc2)CC1. The highest BCUT2D eigenvalue weighted by molar-refractivity contribution is 5.75. The van der Waals surface area contributed by atoms with Crippen molar-refractivity contribution < 1.29 is 0 Å². The van der Waals surface area contributed by atoms with E-state index in [9.17, 15) is 0 Å². The lowest BCUT2D eigenvalue weighted by Gasteiger charge is -2.33.